The van der Waals surface area contributed by atoms with Gasteiger partial charge < -0.3 is 16.0 Å². The number of benzene rings is 1. The Morgan fingerprint density at radius 1 is 1.47 bits per heavy atom. The van der Waals surface area contributed by atoms with Gasteiger partial charge >= 0.3 is 6.03 Å². The number of anilines is 1. The molecule has 0 aromatic heterocycles. The van der Waals surface area contributed by atoms with Crippen LogP contribution in [0.3, 0.4) is 0 Å². The highest BCUT2D eigenvalue weighted by molar-refractivity contribution is 5.89. The first-order valence-electron chi connectivity index (χ1n) is 6.98. The zero-order valence-corrected chi connectivity index (χ0v) is 11.9. The maximum atomic E-state index is 11.8. The smallest absolute Gasteiger partial charge is 0.319 e. The Hall–Kier alpha value is -1.55. The molecule has 3 unspecified atom stereocenters. The Morgan fingerprint density at radius 2 is 2.26 bits per heavy atom. The van der Waals surface area contributed by atoms with Gasteiger partial charge in [0.2, 0.25) is 0 Å². The predicted molar refractivity (Wildman–Crippen MR) is 78.3 cm³/mol. The normalized spacial score (nSPS) is 22.7. The van der Waals surface area contributed by atoms with Crippen molar-refractivity contribution in [3.05, 3.63) is 29.8 Å². The maximum absolute atomic E-state index is 11.8. The van der Waals surface area contributed by atoms with Crippen LogP contribution in [0.1, 0.15) is 38.3 Å². The molecule has 2 rings (SSSR count). The Balaban J connectivity index is 1.90. The van der Waals surface area contributed by atoms with Crippen molar-refractivity contribution in [3.8, 4) is 0 Å². The summed E-state index contributed by atoms with van der Waals surface area (Å²) in [5, 5.41) is 9.09. The van der Waals surface area contributed by atoms with Gasteiger partial charge in [-0.15, -0.1) is 0 Å². The van der Waals surface area contributed by atoms with Crippen LogP contribution in [0.4, 0.5) is 10.5 Å². The largest absolute Gasteiger partial charge is 0.335 e. The average Bonchev–Trinajstić information content (AvgIpc) is 3.16. The molecular formula is C15H23N3O. The quantitative estimate of drug-likeness (QED) is 0.763. The van der Waals surface area contributed by atoms with Gasteiger partial charge in [0.1, 0.15) is 0 Å². The summed E-state index contributed by atoms with van der Waals surface area (Å²) < 4.78 is 0. The molecule has 0 bridgehead atoms. The van der Waals surface area contributed by atoms with E-state index in [-0.39, 0.29) is 12.1 Å². The van der Waals surface area contributed by atoms with Crippen molar-refractivity contribution < 1.29 is 4.79 Å². The molecule has 1 aliphatic rings. The van der Waals surface area contributed by atoms with Gasteiger partial charge in [0.15, 0.2) is 0 Å². The third-order valence-electron chi connectivity index (χ3n) is 3.84. The Labute approximate surface area is 115 Å². The zero-order chi connectivity index (χ0) is 13.8. The summed E-state index contributed by atoms with van der Waals surface area (Å²) in [6, 6.07) is 8.47. The van der Waals surface area contributed by atoms with Crippen molar-refractivity contribution in [2.24, 2.45) is 5.92 Å². The molecule has 104 valence electrons. The van der Waals surface area contributed by atoms with Crippen molar-refractivity contribution in [1.29, 1.82) is 0 Å². The third-order valence-corrected chi connectivity index (χ3v) is 3.84. The average molecular weight is 261 g/mol. The van der Waals surface area contributed by atoms with Crippen LogP contribution in [-0.4, -0.2) is 19.1 Å². The summed E-state index contributed by atoms with van der Waals surface area (Å²) in [5.74, 6) is 0.668. The molecule has 3 N–H and O–H groups in total. The molecule has 0 heterocycles. The maximum Gasteiger partial charge on any atom is 0.319 e. The number of hydrogen-bond acceptors (Lipinski definition) is 2. The molecule has 0 saturated heterocycles. The van der Waals surface area contributed by atoms with E-state index in [2.05, 4.69) is 35.9 Å². The van der Waals surface area contributed by atoms with Gasteiger partial charge in [0.05, 0.1) is 0 Å². The second kappa shape index (κ2) is 6.06. The molecule has 1 aliphatic carbocycles. The summed E-state index contributed by atoms with van der Waals surface area (Å²) >= 11 is 0. The van der Waals surface area contributed by atoms with Gasteiger partial charge in [-0.3, -0.25) is 0 Å². The number of carbonyl (C=O) groups is 1. The van der Waals surface area contributed by atoms with E-state index in [1.165, 1.54) is 0 Å². The molecule has 19 heavy (non-hydrogen) atoms. The van der Waals surface area contributed by atoms with E-state index in [0.717, 1.165) is 24.1 Å². The monoisotopic (exact) mass is 261 g/mol. The van der Waals surface area contributed by atoms with Crippen LogP contribution in [0.2, 0.25) is 0 Å². The van der Waals surface area contributed by atoms with Crippen molar-refractivity contribution in [3.63, 3.8) is 0 Å². The van der Waals surface area contributed by atoms with Crippen LogP contribution in [0.25, 0.3) is 0 Å². The van der Waals surface area contributed by atoms with Crippen molar-refractivity contribution in [2.45, 2.75) is 38.8 Å². The van der Waals surface area contributed by atoms with Crippen molar-refractivity contribution in [2.75, 3.05) is 12.4 Å². The zero-order valence-electron chi connectivity index (χ0n) is 11.9. The van der Waals surface area contributed by atoms with Crippen LogP contribution in [0.5, 0.6) is 0 Å². The summed E-state index contributed by atoms with van der Waals surface area (Å²) in [6.07, 6.45) is 2.25. The standard InChI is InChI=1S/C15H23N3O/c1-4-11-9-14(11)18-15(19)17-13-7-5-6-12(8-13)10(2)16-3/h5-8,10-11,14,16H,4,9H2,1-3H3,(H2,17,18,19). The Kier molecular flexibility index (Phi) is 4.43. The molecule has 3 atom stereocenters. The second-order valence-corrected chi connectivity index (χ2v) is 5.24. The van der Waals surface area contributed by atoms with Crippen LogP contribution in [0.15, 0.2) is 24.3 Å². The van der Waals surface area contributed by atoms with Crippen LogP contribution in [-0.2, 0) is 0 Å². The number of urea groups is 1. The molecule has 1 fully saturated rings. The van der Waals surface area contributed by atoms with Gasteiger partial charge in [-0.1, -0.05) is 25.5 Å². The lowest BCUT2D eigenvalue weighted by Crippen LogP contribution is -2.31. The van der Waals surface area contributed by atoms with E-state index < -0.39 is 0 Å². The molecule has 0 aliphatic heterocycles. The molecule has 4 heteroatoms. The number of amides is 2. The minimum absolute atomic E-state index is 0.102. The van der Waals surface area contributed by atoms with E-state index in [9.17, 15) is 4.79 Å². The van der Waals surface area contributed by atoms with Crippen molar-refractivity contribution in [1.82, 2.24) is 10.6 Å². The third kappa shape index (κ3) is 3.70. The summed E-state index contributed by atoms with van der Waals surface area (Å²) in [4.78, 5) is 11.8. The highest BCUT2D eigenvalue weighted by Gasteiger charge is 2.36. The minimum atomic E-state index is -0.102. The highest BCUT2D eigenvalue weighted by Crippen LogP contribution is 2.33. The molecule has 2 amide bonds. The topological polar surface area (TPSA) is 53.2 Å². The number of hydrogen-bond donors (Lipinski definition) is 3. The lowest BCUT2D eigenvalue weighted by Gasteiger charge is -2.13. The molecule has 1 aromatic rings. The van der Waals surface area contributed by atoms with Crippen LogP contribution in [0, 0.1) is 5.92 Å². The van der Waals surface area contributed by atoms with Gasteiger partial charge in [0, 0.05) is 17.8 Å². The molecule has 1 saturated carbocycles. The number of carbonyl (C=O) groups excluding carboxylic acids is 1. The van der Waals surface area contributed by atoms with E-state index in [4.69, 9.17) is 0 Å². The van der Waals surface area contributed by atoms with E-state index >= 15 is 0 Å². The van der Waals surface area contributed by atoms with Gasteiger partial charge in [-0.2, -0.15) is 0 Å². The van der Waals surface area contributed by atoms with E-state index in [1.807, 2.05) is 25.2 Å². The van der Waals surface area contributed by atoms with Gasteiger partial charge in [0.25, 0.3) is 0 Å². The first kappa shape index (κ1) is 13.9. The van der Waals surface area contributed by atoms with E-state index in [0.29, 0.717) is 12.0 Å². The summed E-state index contributed by atoms with van der Waals surface area (Å²) in [5.41, 5.74) is 2.00. The highest BCUT2D eigenvalue weighted by atomic mass is 16.2. The van der Waals surface area contributed by atoms with Crippen LogP contribution >= 0.6 is 0 Å². The summed E-state index contributed by atoms with van der Waals surface area (Å²) in [6.45, 7) is 4.25. The van der Waals surface area contributed by atoms with Gasteiger partial charge in [-0.25, -0.2) is 4.79 Å². The second-order valence-electron chi connectivity index (χ2n) is 5.24. The first-order valence-corrected chi connectivity index (χ1v) is 6.98. The van der Waals surface area contributed by atoms with Crippen molar-refractivity contribution >= 4 is 11.7 Å². The molecule has 0 spiro atoms. The van der Waals surface area contributed by atoms with E-state index in [1.54, 1.807) is 0 Å². The number of nitrogens with one attached hydrogen (secondary N) is 3. The Morgan fingerprint density at radius 3 is 2.89 bits per heavy atom. The molecule has 1 aromatic carbocycles. The Bertz CT molecular complexity index is 447. The van der Waals surface area contributed by atoms with Crippen LogP contribution < -0.4 is 16.0 Å². The predicted octanol–water partition coefficient (Wildman–Crippen LogP) is 2.89. The molecule has 4 nitrogen and oxygen atoms in total. The fraction of sp³-hybridized carbons (Fsp3) is 0.533. The molecule has 0 radical (unpaired) electrons. The lowest BCUT2D eigenvalue weighted by molar-refractivity contribution is 0.251. The fourth-order valence-electron chi connectivity index (χ4n) is 2.26. The SMILES string of the molecule is CCC1CC1NC(=O)Nc1cccc(C(C)NC)c1. The minimum Gasteiger partial charge on any atom is -0.335 e. The first-order chi connectivity index (χ1) is 9.13. The summed E-state index contributed by atoms with van der Waals surface area (Å²) in [7, 11) is 1.93. The fourth-order valence-corrected chi connectivity index (χ4v) is 2.26. The molecular weight excluding hydrogens is 238 g/mol. The number of rotatable bonds is 5. The van der Waals surface area contributed by atoms with Gasteiger partial charge in [-0.05, 0) is 44.0 Å². The lowest BCUT2D eigenvalue weighted by atomic mass is 10.1.